The number of carboxylic acids is 1. The zero-order valence-corrected chi connectivity index (χ0v) is 29.9. The third-order valence-corrected chi connectivity index (χ3v) is 10.6. The second-order valence-electron chi connectivity index (χ2n) is 14.0. The predicted octanol–water partition coefficient (Wildman–Crippen LogP) is 7.20. The topological polar surface area (TPSA) is 151 Å². The van der Waals surface area contributed by atoms with Gasteiger partial charge in [0.2, 0.25) is 5.91 Å². The van der Waals surface area contributed by atoms with Crippen molar-refractivity contribution in [3.8, 4) is 28.3 Å². The Balaban J connectivity index is 1.17. The molecule has 0 saturated carbocycles. The van der Waals surface area contributed by atoms with E-state index < -0.39 is 29.9 Å². The molecule has 3 atom stereocenters. The van der Waals surface area contributed by atoms with Crippen molar-refractivity contribution in [2.75, 3.05) is 6.61 Å². The Bertz CT molecular complexity index is 2050. The molecule has 10 nitrogen and oxygen atoms in total. The molecule has 0 bridgehead atoms. The van der Waals surface area contributed by atoms with Crippen molar-refractivity contribution < 1.29 is 29.3 Å². The molecule has 11 heteroatoms. The fourth-order valence-electron chi connectivity index (χ4n) is 6.16. The molecule has 1 saturated heterocycles. The lowest BCUT2D eigenvalue weighted by atomic mass is 9.93. The van der Waals surface area contributed by atoms with E-state index in [1.807, 2.05) is 48.5 Å². The van der Waals surface area contributed by atoms with Crippen LogP contribution in [0.3, 0.4) is 0 Å². The first-order chi connectivity index (χ1) is 24.4. The van der Waals surface area contributed by atoms with Crippen molar-refractivity contribution in [1.29, 1.82) is 0 Å². The number of aliphatic carboxylic acids is 1. The van der Waals surface area contributed by atoms with Gasteiger partial charge in [-0.2, -0.15) is 0 Å². The highest BCUT2D eigenvalue weighted by molar-refractivity contribution is 7.14. The van der Waals surface area contributed by atoms with Gasteiger partial charge in [0.25, 0.3) is 5.91 Å². The number of nitrogens with zero attached hydrogens (tertiary/aromatic N) is 2. The molecule has 2 aromatic heterocycles. The molecule has 1 fully saturated rings. The van der Waals surface area contributed by atoms with Gasteiger partial charge < -0.3 is 25.6 Å². The number of phenolic OH excluding ortho intramolecular Hbond substituents is 1. The van der Waals surface area contributed by atoms with Crippen LogP contribution in [0.25, 0.3) is 33.3 Å². The first-order valence-electron chi connectivity index (χ1n) is 17.1. The van der Waals surface area contributed by atoms with Crippen molar-refractivity contribution in [2.24, 2.45) is 0 Å². The van der Waals surface area contributed by atoms with E-state index in [0.717, 1.165) is 62.7 Å². The van der Waals surface area contributed by atoms with Crippen LogP contribution in [-0.4, -0.2) is 56.7 Å². The van der Waals surface area contributed by atoms with E-state index in [9.17, 15) is 24.6 Å². The molecule has 5 aromatic rings. The van der Waals surface area contributed by atoms with Crippen LogP contribution in [-0.2, 0) is 26.2 Å². The highest BCUT2D eigenvalue weighted by atomic mass is 32.1. The molecule has 4 N–H and O–H groups in total. The molecule has 6 rings (SSSR count). The van der Waals surface area contributed by atoms with Crippen molar-refractivity contribution in [2.45, 2.75) is 77.0 Å². The Hall–Kier alpha value is -5.13. The third kappa shape index (κ3) is 8.27. The SMILES string of the molecule is C[C@@H](NC(=O)[C@H](Cc1ccc(-c2ncc(-c3ccc4c(C5CCCCO5)c(O)ccc4c3)cn2)cc1)NC(=O)c1ccc(C(C)(C)C)s1)C(=O)O. The van der Waals surface area contributed by atoms with Gasteiger partial charge in [-0.05, 0) is 77.8 Å². The largest absolute Gasteiger partial charge is 0.508 e. The fourth-order valence-corrected chi connectivity index (χ4v) is 7.12. The lowest BCUT2D eigenvalue weighted by Crippen LogP contribution is -2.51. The number of phenols is 1. The minimum atomic E-state index is -1.17. The van der Waals surface area contributed by atoms with Crippen LogP contribution in [0.2, 0.25) is 0 Å². The normalized spacial score (nSPS) is 16.0. The minimum Gasteiger partial charge on any atom is -0.508 e. The monoisotopic (exact) mass is 706 g/mol. The van der Waals surface area contributed by atoms with Crippen LogP contribution in [0.15, 0.2) is 79.1 Å². The smallest absolute Gasteiger partial charge is 0.325 e. The summed E-state index contributed by atoms with van der Waals surface area (Å²) in [6, 6.07) is 18.7. The molecule has 1 unspecified atom stereocenters. The second-order valence-corrected chi connectivity index (χ2v) is 15.1. The number of carboxylic acid groups (broad SMARTS) is 1. The zero-order chi connectivity index (χ0) is 36.3. The highest BCUT2D eigenvalue weighted by Gasteiger charge is 2.27. The number of aromatic nitrogens is 2. The summed E-state index contributed by atoms with van der Waals surface area (Å²) in [5.41, 5.74) is 4.05. The van der Waals surface area contributed by atoms with E-state index in [1.54, 1.807) is 24.5 Å². The van der Waals surface area contributed by atoms with E-state index >= 15 is 0 Å². The number of carbonyl (C=O) groups is 3. The Morgan fingerprint density at radius 2 is 1.65 bits per heavy atom. The Morgan fingerprint density at radius 3 is 2.29 bits per heavy atom. The number of rotatable bonds is 10. The van der Waals surface area contributed by atoms with Gasteiger partial charge in [-0.15, -0.1) is 11.3 Å². The predicted molar refractivity (Wildman–Crippen MR) is 198 cm³/mol. The number of hydrogen-bond acceptors (Lipinski definition) is 8. The van der Waals surface area contributed by atoms with Crippen LogP contribution in [0, 0.1) is 0 Å². The fraction of sp³-hybridized carbons (Fsp3) is 0.325. The van der Waals surface area contributed by atoms with Crippen LogP contribution < -0.4 is 10.6 Å². The summed E-state index contributed by atoms with van der Waals surface area (Å²) in [6.07, 6.45) is 6.58. The Kier molecular flexibility index (Phi) is 10.5. The Labute approximate surface area is 300 Å². The maximum absolute atomic E-state index is 13.2. The van der Waals surface area contributed by atoms with E-state index in [4.69, 9.17) is 4.74 Å². The number of carbonyl (C=O) groups excluding carboxylic acids is 2. The summed E-state index contributed by atoms with van der Waals surface area (Å²) in [6.45, 7) is 8.27. The van der Waals surface area contributed by atoms with Crippen molar-refractivity contribution in [1.82, 2.24) is 20.6 Å². The number of hydrogen-bond donors (Lipinski definition) is 4. The van der Waals surface area contributed by atoms with Crippen LogP contribution in [0.5, 0.6) is 5.75 Å². The van der Waals surface area contributed by atoms with Gasteiger partial charge in [-0.3, -0.25) is 14.4 Å². The first-order valence-corrected chi connectivity index (χ1v) is 17.9. The molecular formula is C40H42N4O6S. The molecule has 51 heavy (non-hydrogen) atoms. The summed E-state index contributed by atoms with van der Waals surface area (Å²) in [5.74, 6) is -1.37. The third-order valence-electron chi connectivity index (χ3n) is 9.10. The number of fused-ring (bicyclic) bond motifs is 1. The molecule has 0 spiro atoms. The summed E-state index contributed by atoms with van der Waals surface area (Å²) < 4.78 is 5.99. The van der Waals surface area contributed by atoms with Gasteiger partial charge in [0.1, 0.15) is 17.8 Å². The molecule has 2 amide bonds. The minimum absolute atomic E-state index is 0.113. The zero-order valence-electron chi connectivity index (χ0n) is 29.1. The van der Waals surface area contributed by atoms with Gasteiger partial charge >= 0.3 is 5.97 Å². The van der Waals surface area contributed by atoms with Gasteiger partial charge in [0.05, 0.1) is 11.0 Å². The van der Waals surface area contributed by atoms with Gasteiger partial charge in [0, 0.05) is 47.0 Å². The average molecular weight is 707 g/mol. The molecule has 1 aliphatic rings. The van der Waals surface area contributed by atoms with Crippen molar-refractivity contribution >= 4 is 39.9 Å². The van der Waals surface area contributed by atoms with Gasteiger partial charge in [0.15, 0.2) is 5.82 Å². The number of ether oxygens (including phenoxy) is 1. The molecule has 3 heterocycles. The van der Waals surface area contributed by atoms with Crippen molar-refractivity contribution in [3.63, 3.8) is 0 Å². The first kappa shape index (κ1) is 35.7. The summed E-state index contributed by atoms with van der Waals surface area (Å²) in [4.78, 5) is 48.6. The molecule has 0 aliphatic carbocycles. The molecule has 0 radical (unpaired) electrons. The number of amides is 2. The van der Waals surface area contributed by atoms with E-state index in [2.05, 4.69) is 47.4 Å². The summed E-state index contributed by atoms with van der Waals surface area (Å²) >= 11 is 1.37. The molecular weight excluding hydrogens is 665 g/mol. The van der Waals surface area contributed by atoms with Crippen molar-refractivity contribution in [3.05, 3.63) is 100 Å². The molecule has 3 aromatic carbocycles. The maximum Gasteiger partial charge on any atom is 0.325 e. The van der Waals surface area contributed by atoms with Gasteiger partial charge in [-0.1, -0.05) is 63.2 Å². The Morgan fingerprint density at radius 1 is 0.922 bits per heavy atom. The maximum atomic E-state index is 13.2. The number of benzene rings is 3. The van der Waals surface area contributed by atoms with Gasteiger partial charge in [-0.25, -0.2) is 9.97 Å². The van der Waals surface area contributed by atoms with Crippen LogP contribution in [0.1, 0.15) is 78.7 Å². The quantitative estimate of drug-likeness (QED) is 0.119. The average Bonchev–Trinajstić information content (AvgIpc) is 3.64. The van der Waals surface area contributed by atoms with E-state index in [1.165, 1.54) is 18.3 Å². The molecule has 1 aliphatic heterocycles. The lowest BCUT2D eigenvalue weighted by Gasteiger charge is -2.25. The van der Waals surface area contributed by atoms with Crippen LogP contribution in [0.4, 0.5) is 0 Å². The standard InChI is InChI=1S/C40H42N4O6S/c1-23(39(48)49)43-37(46)30(44-38(47)33-16-17-34(51-33)40(2,3)4)19-24-8-10-25(11-9-24)36-41-21-28(22-42-36)26-12-14-29-27(20-26)13-15-31(45)35(29)32-7-5-6-18-50-32/h8-17,20-23,30,32,45H,5-7,18-19H2,1-4H3,(H,43,46)(H,44,47)(H,48,49)/t23-,30+,32?/m1/s1. The number of aromatic hydroxyl groups is 1. The molecule has 264 valence electrons. The second kappa shape index (κ2) is 15.0. The van der Waals surface area contributed by atoms with Crippen LogP contribution >= 0.6 is 11.3 Å². The highest BCUT2D eigenvalue weighted by Crippen LogP contribution is 2.39. The summed E-state index contributed by atoms with van der Waals surface area (Å²) in [5, 5.41) is 27.3. The summed E-state index contributed by atoms with van der Waals surface area (Å²) in [7, 11) is 0. The van der Waals surface area contributed by atoms with E-state index in [-0.39, 0.29) is 23.7 Å². The van der Waals surface area contributed by atoms with E-state index in [0.29, 0.717) is 17.3 Å². The number of nitrogens with one attached hydrogen (secondary N) is 2. The number of thiophene rings is 1. The lowest BCUT2D eigenvalue weighted by molar-refractivity contribution is -0.141.